The van der Waals surface area contributed by atoms with Crippen molar-refractivity contribution in [1.29, 1.82) is 0 Å². The van der Waals surface area contributed by atoms with Gasteiger partial charge in [0, 0.05) is 0 Å². The van der Waals surface area contributed by atoms with Gasteiger partial charge in [-0.15, -0.1) is 0 Å². The number of esters is 1. The topological polar surface area (TPSA) is 79.8 Å². The SMILES string of the molecule is C=CC(=O)C(=[N+]=[N-])C(=O)OCC. The van der Waals surface area contributed by atoms with Gasteiger partial charge in [-0.25, -0.2) is 4.79 Å². The van der Waals surface area contributed by atoms with Gasteiger partial charge in [0.15, 0.2) is 0 Å². The predicted molar refractivity (Wildman–Crippen MR) is 40.5 cm³/mol. The Labute approximate surface area is 69.3 Å². The van der Waals surface area contributed by atoms with Crippen molar-refractivity contribution in [2.24, 2.45) is 0 Å². The molecular formula is C7H8N2O3. The summed E-state index contributed by atoms with van der Waals surface area (Å²) in [6, 6.07) is 0. The normalized spacial score (nSPS) is 8.08. The number of hydrogen-bond donors (Lipinski definition) is 0. The van der Waals surface area contributed by atoms with Gasteiger partial charge in [0.1, 0.15) is 0 Å². The van der Waals surface area contributed by atoms with Crippen LogP contribution in [0.4, 0.5) is 0 Å². The van der Waals surface area contributed by atoms with Crippen LogP contribution in [0.1, 0.15) is 6.92 Å². The zero-order valence-corrected chi connectivity index (χ0v) is 6.61. The Bertz CT molecular complexity index is 264. The summed E-state index contributed by atoms with van der Waals surface area (Å²) in [4.78, 5) is 24.0. The smallest absolute Gasteiger partial charge is 0.445 e. The van der Waals surface area contributed by atoms with Crippen LogP contribution in [-0.2, 0) is 14.3 Å². The molecule has 5 heteroatoms. The standard InChI is InChI=1S/C7H8N2O3/c1-3-5(10)6(9-8)7(11)12-4-2/h3H,1,4H2,2H3. The van der Waals surface area contributed by atoms with Gasteiger partial charge in [0.25, 0.3) is 5.78 Å². The molecule has 0 saturated heterocycles. The highest BCUT2D eigenvalue weighted by atomic mass is 16.5. The van der Waals surface area contributed by atoms with Crippen LogP contribution in [0.15, 0.2) is 12.7 Å². The van der Waals surface area contributed by atoms with Crippen molar-refractivity contribution in [3.05, 3.63) is 18.2 Å². The maximum absolute atomic E-state index is 10.8. The maximum atomic E-state index is 10.8. The summed E-state index contributed by atoms with van der Waals surface area (Å²) in [5, 5.41) is 0. The Balaban J connectivity index is 4.59. The van der Waals surface area contributed by atoms with Crippen LogP contribution in [0.5, 0.6) is 0 Å². The van der Waals surface area contributed by atoms with Crippen LogP contribution >= 0.6 is 0 Å². The number of carbonyl (C=O) groups excluding carboxylic acids is 2. The van der Waals surface area contributed by atoms with E-state index in [-0.39, 0.29) is 6.61 Å². The molecule has 0 aromatic heterocycles. The van der Waals surface area contributed by atoms with Gasteiger partial charge >= 0.3 is 11.7 Å². The van der Waals surface area contributed by atoms with Crippen LogP contribution in [-0.4, -0.2) is 28.9 Å². The van der Waals surface area contributed by atoms with Crippen molar-refractivity contribution in [3.8, 4) is 0 Å². The minimum absolute atomic E-state index is 0.113. The lowest BCUT2D eigenvalue weighted by atomic mass is 10.2. The summed E-state index contributed by atoms with van der Waals surface area (Å²) in [6.07, 6.45) is 0.867. The Hall–Kier alpha value is -1.74. The van der Waals surface area contributed by atoms with E-state index in [0.29, 0.717) is 0 Å². The molecule has 0 aromatic rings. The summed E-state index contributed by atoms with van der Waals surface area (Å²) in [6.45, 7) is 4.81. The average molecular weight is 168 g/mol. The molecular weight excluding hydrogens is 160 g/mol. The number of ether oxygens (including phenoxy) is 1. The molecule has 0 aromatic carbocycles. The van der Waals surface area contributed by atoms with Gasteiger partial charge in [0.2, 0.25) is 0 Å². The lowest BCUT2D eigenvalue weighted by Gasteiger charge is -1.92. The first-order valence-corrected chi connectivity index (χ1v) is 3.23. The molecule has 0 spiro atoms. The molecule has 64 valence electrons. The second-order valence-electron chi connectivity index (χ2n) is 1.74. The number of allylic oxidation sites excluding steroid dienone is 1. The van der Waals surface area contributed by atoms with Crippen LogP contribution in [0.2, 0.25) is 0 Å². The Morgan fingerprint density at radius 2 is 2.25 bits per heavy atom. The second kappa shape index (κ2) is 4.98. The van der Waals surface area contributed by atoms with Crippen molar-refractivity contribution in [2.75, 3.05) is 6.61 Å². The minimum Gasteiger partial charge on any atom is -0.457 e. The number of carbonyl (C=O) groups is 2. The van der Waals surface area contributed by atoms with Crippen molar-refractivity contribution in [1.82, 2.24) is 0 Å². The Morgan fingerprint density at radius 3 is 2.58 bits per heavy atom. The molecule has 0 heterocycles. The summed E-state index contributed by atoms with van der Waals surface area (Å²) in [7, 11) is 0. The molecule has 0 aliphatic heterocycles. The molecule has 0 aliphatic rings. The largest absolute Gasteiger partial charge is 0.457 e. The zero-order chi connectivity index (χ0) is 9.56. The van der Waals surface area contributed by atoms with Gasteiger partial charge < -0.3 is 10.3 Å². The van der Waals surface area contributed by atoms with Crippen molar-refractivity contribution >= 4 is 17.5 Å². The summed E-state index contributed by atoms with van der Waals surface area (Å²) in [5.41, 5.74) is 7.58. The molecule has 0 atom stereocenters. The second-order valence-corrected chi connectivity index (χ2v) is 1.74. The molecule has 0 unspecified atom stereocenters. The lowest BCUT2D eigenvalue weighted by Crippen LogP contribution is -2.25. The van der Waals surface area contributed by atoms with Gasteiger partial charge in [-0.3, -0.25) is 4.79 Å². The molecule has 0 bridgehead atoms. The van der Waals surface area contributed by atoms with E-state index in [2.05, 4.69) is 16.1 Å². The number of hydrogen-bond acceptors (Lipinski definition) is 3. The van der Waals surface area contributed by atoms with Gasteiger partial charge in [0.05, 0.1) is 6.61 Å². The first-order chi connectivity index (χ1) is 5.67. The number of nitrogens with zero attached hydrogens (tertiary/aromatic N) is 2. The van der Waals surface area contributed by atoms with Gasteiger partial charge in [-0.05, 0) is 13.0 Å². The third kappa shape index (κ3) is 2.48. The molecule has 0 fully saturated rings. The van der Waals surface area contributed by atoms with Gasteiger partial charge in [-0.1, -0.05) is 6.58 Å². The van der Waals surface area contributed by atoms with Crippen molar-refractivity contribution in [3.63, 3.8) is 0 Å². The average Bonchev–Trinajstić information content (AvgIpc) is 2.06. The van der Waals surface area contributed by atoms with Crippen LogP contribution in [0, 0.1) is 0 Å². The van der Waals surface area contributed by atoms with E-state index in [9.17, 15) is 9.59 Å². The van der Waals surface area contributed by atoms with Crippen LogP contribution in [0.25, 0.3) is 5.53 Å². The van der Waals surface area contributed by atoms with E-state index in [0.717, 1.165) is 6.08 Å². The van der Waals surface area contributed by atoms with Crippen molar-refractivity contribution < 1.29 is 19.1 Å². The third-order valence-electron chi connectivity index (χ3n) is 0.988. The number of rotatable bonds is 4. The quantitative estimate of drug-likeness (QED) is 0.148. The highest BCUT2D eigenvalue weighted by molar-refractivity contribution is 6.64. The number of ketones is 1. The van der Waals surface area contributed by atoms with Crippen LogP contribution < -0.4 is 0 Å². The molecule has 5 nitrogen and oxygen atoms in total. The highest BCUT2D eigenvalue weighted by Crippen LogP contribution is 1.84. The van der Waals surface area contributed by atoms with E-state index in [1.807, 2.05) is 0 Å². The molecule has 12 heavy (non-hydrogen) atoms. The lowest BCUT2D eigenvalue weighted by molar-refractivity contribution is -0.141. The van der Waals surface area contributed by atoms with Crippen LogP contribution in [0.3, 0.4) is 0 Å². The van der Waals surface area contributed by atoms with E-state index < -0.39 is 17.5 Å². The summed E-state index contributed by atoms with van der Waals surface area (Å²) < 4.78 is 4.42. The van der Waals surface area contributed by atoms with E-state index in [1.54, 1.807) is 6.92 Å². The first-order valence-electron chi connectivity index (χ1n) is 3.23. The predicted octanol–water partition coefficient (Wildman–Crippen LogP) is -0.0246. The first kappa shape index (κ1) is 10.3. The van der Waals surface area contributed by atoms with E-state index in [4.69, 9.17) is 5.53 Å². The molecule has 0 amide bonds. The molecule has 0 rings (SSSR count). The minimum atomic E-state index is -0.954. The zero-order valence-electron chi connectivity index (χ0n) is 6.61. The molecule has 0 radical (unpaired) electrons. The van der Waals surface area contributed by atoms with E-state index >= 15 is 0 Å². The van der Waals surface area contributed by atoms with E-state index in [1.165, 1.54) is 0 Å². The fourth-order valence-electron chi connectivity index (χ4n) is 0.487. The summed E-state index contributed by atoms with van der Waals surface area (Å²) in [5.74, 6) is -1.72. The molecule has 0 aliphatic carbocycles. The molecule has 0 N–H and O–H groups in total. The molecule has 0 saturated carbocycles. The van der Waals surface area contributed by atoms with Crippen molar-refractivity contribution in [2.45, 2.75) is 6.92 Å². The fourth-order valence-corrected chi connectivity index (χ4v) is 0.487. The Kier molecular flexibility index (Phi) is 4.26. The fraction of sp³-hybridized carbons (Fsp3) is 0.286. The highest BCUT2D eigenvalue weighted by Gasteiger charge is 2.28. The monoisotopic (exact) mass is 168 g/mol. The third-order valence-corrected chi connectivity index (χ3v) is 0.988. The maximum Gasteiger partial charge on any atom is 0.445 e. The summed E-state index contributed by atoms with van der Waals surface area (Å²) >= 11 is 0. The Morgan fingerprint density at radius 1 is 1.67 bits per heavy atom. The van der Waals surface area contributed by atoms with Gasteiger partial charge in [-0.2, -0.15) is 4.79 Å².